The van der Waals surface area contributed by atoms with E-state index < -0.39 is 0 Å². The normalized spacial score (nSPS) is 10.8. The first-order chi connectivity index (χ1) is 12.6. The van der Waals surface area contributed by atoms with Crippen LogP contribution in [0.25, 0.3) is 10.9 Å². The number of ether oxygens (including phenoxy) is 2. The van der Waals surface area contributed by atoms with Crippen molar-refractivity contribution in [3.8, 4) is 11.5 Å². The summed E-state index contributed by atoms with van der Waals surface area (Å²) in [5, 5.41) is 16.8. The van der Waals surface area contributed by atoms with Gasteiger partial charge in [0.15, 0.2) is 17.3 Å². The van der Waals surface area contributed by atoms with E-state index in [-0.39, 0.29) is 0 Å². The summed E-state index contributed by atoms with van der Waals surface area (Å²) in [5.41, 5.74) is 1.29. The minimum absolute atomic E-state index is 0.482. The Labute approximate surface area is 165 Å². The van der Waals surface area contributed by atoms with Crippen molar-refractivity contribution in [2.24, 2.45) is 0 Å². The molecule has 9 heteroatoms. The number of methoxy groups -OCH3 is 1. The Balaban J connectivity index is 1.98. The van der Waals surface area contributed by atoms with Crippen LogP contribution in [0.15, 0.2) is 30.3 Å². The zero-order valence-corrected chi connectivity index (χ0v) is 16.1. The van der Waals surface area contributed by atoms with Crippen LogP contribution in [0.3, 0.4) is 0 Å². The number of fused-ring (bicyclic) bond motifs is 1. The second-order valence-corrected chi connectivity index (χ2v) is 6.58. The monoisotopic (exact) mass is 412 g/mol. The van der Waals surface area contributed by atoms with Gasteiger partial charge in [0.05, 0.1) is 19.1 Å². The molecular formula is C17H15Cl3N4O2. The van der Waals surface area contributed by atoms with E-state index in [9.17, 15) is 0 Å². The number of anilines is 2. The minimum Gasteiger partial charge on any atom is -0.493 e. The molecule has 2 aromatic carbocycles. The highest BCUT2D eigenvalue weighted by molar-refractivity contribution is 6.35. The van der Waals surface area contributed by atoms with Gasteiger partial charge in [0.2, 0.25) is 0 Å². The fourth-order valence-electron chi connectivity index (χ4n) is 2.35. The predicted molar refractivity (Wildman–Crippen MR) is 104 cm³/mol. The molecule has 3 aromatic rings. The summed E-state index contributed by atoms with van der Waals surface area (Å²) in [4.78, 5) is 0. The predicted octanol–water partition coefficient (Wildman–Crippen LogP) is 5.09. The Morgan fingerprint density at radius 1 is 1.00 bits per heavy atom. The van der Waals surface area contributed by atoms with Crippen molar-refractivity contribution in [2.45, 2.75) is 6.42 Å². The lowest BCUT2D eigenvalue weighted by molar-refractivity contribution is 0.295. The van der Waals surface area contributed by atoms with Gasteiger partial charge < -0.3 is 14.8 Å². The van der Waals surface area contributed by atoms with Gasteiger partial charge in [-0.1, -0.05) is 23.2 Å². The Kier molecular flexibility index (Phi) is 6.19. The number of hydrogen-bond donors (Lipinski definition) is 1. The van der Waals surface area contributed by atoms with E-state index in [0.717, 1.165) is 11.8 Å². The molecule has 0 amide bonds. The first kappa shape index (κ1) is 18.8. The number of nitrogens with one attached hydrogen (secondary N) is 1. The molecule has 0 saturated carbocycles. The lowest BCUT2D eigenvalue weighted by atomic mass is 10.2. The molecular weight excluding hydrogens is 399 g/mol. The fourth-order valence-corrected chi connectivity index (χ4v) is 2.99. The summed E-state index contributed by atoms with van der Waals surface area (Å²) >= 11 is 17.8. The summed E-state index contributed by atoms with van der Waals surface area (Å²) < 4.78 is 11.1. The van der Waals surface area contributed by atoms with Crippen molar-refractivity contribution in [3.63, 3.8) is 0 Å². The molecule has 0 saturated heterocycles. The van der Waals surface area contributed by atoms with Crippen LogP contribution in [0.2, 0.25) is 10.0 Å². The second kappa shape index (κ2) is 8.58. The first-order valence-corrected chi connectivity index (χ1v) is 9.02. The van der Waals surface area contributed by atoms with E-state index in [0.29, 0.717) is 51.1 Å². The minimum atomic E-state index is 0.482. The molecule has 0 spiro atoms. The molecule has 3 rings (SSSR count). The molecule has 0 atom stereocenters. The third-order valence-corrected chi connectivity index (χ3v) is 4.20. The summed E-state index contributed by atoms with van der Waals surface area (Å²) in [6, 6.07) is 8.68. The van der Waals surface area contributed by atoms with Gasteiger partial charge in [0, 0.05) is 27.7 Å². The molecule has 0 aliphatic rings. The molecule has 136 valence electrons. The average molecular weight is 414 g/mol. The molecule has 0 fully saturated rings. The zero-order chi connectivity index (χ0) is 18.5. The fraction of sp³-hybridized carbons (Fsp3) is 0.235. The Morgan fingerprint density at radius 2 is 1.77 bits per heavy atom. The molecule has 6 nitrogen and oxygen atoms in total. The molecule has 1 aromatic heterocycles. The summed E-state index contributed by atoms with van der Waals surface area (Å²) in [6.45, 7) is 0.482. The van der Waals surface area contributed by atoms with Crippen LogP contribution in [-0.4, -0.2) is 35.0 Å². The third kappa shape index (κ3) is 4.38. The van der Waals surface area contributed by atoms with Gasteiger partial charge in [-0.2, -0.15) is 0 Å². The molecule has 0 unspecified atom stereocenters. The lowest BCUT2D eigenvalue weighted by Gasteiger charge is -2.13. The van der Waals surface area contributed by atoms with Crippen LogP contribution >= 0.6 is 34.8 Å². The Bertz CT molecular complexity index is 904. The third-order valence-electron chi connectivity index (χ3n) is 3.50. The summed E-state index contributed by atoms with van der Waals surface area (Å²) in [6.07, 6.45) is 0.729. The quantitative estimate of drug-likeness (QED) is 0.430. The van der Waals surface area contributed by atoms with E-state index in [4.69, 9.17) is 44.3 Å². The van der Waals surface area contributed by atoms with Crippen molar-refractivity contribution in [2.75, 3.05) is 24.9 Å². The van der Waals surface area contributed by atoms with Gasteiger partial charge in [0.25, 0.3) is 0 Å². The number of hydrogen-bond acceptors (Lipinski definition) is 6. The number of rotatable bonds is 7. The largest absolute Gasteiger partial charge is 0.493 e. The first-order valence-electron chi connectivity index (χ1n) is 7.73. The Hall–Kier alpha value is -2.02. The van der Waals surface area contributed by atoms with E-state index >= 15 is 0 Å². The highest BCUT2D eigenvalue weighted by Gasteiger charge is 2.13. The lowest BCUT2D eigenvalue weighted by Crippen LogP contribution is -2.02. The van der Waals surface area contributed by atoms with Gasteiger partial charge in [-0.25, -0.2) is 0 Å². The van der Waals surface area contributed by atoms with E-state index in [1.54, 1.807) is 37.4 Å². The number of halogens is 3. The van der Waals surface area contributed by atoms with Crippen LogP contribution in [0.1, 0.15) is 6.42 Å². The van der Waals surface area contributed by atoms with Crippen LogP contribution < -0.4 is 14.8 Å². The summed E-state index contributed by atoms with van der Waals surface area (Å²) in [7, 11) is 1.57. The maximum atomic E-state index is 6.04. The molecule has 1 N–H and O–H groups in total. The zero-order valence-electron chi connectivity index (χ0n) is 13.8. The van der Waals surface area contributed by atoms with Crippen molar-refractivity contribution in [3.05, 3.63) is 40.4 Å². The topological polar surface area (TPSA) is 69.2 Å². The van der Waals surface area contributed by atoms with Gasteiger partial charge in [-0.05, 0) is 35.9 Å². The summed E-state index contributed by atoms with van der Waals surface area (Å²) in [5.74, 6) is 2.16. The maximum absolute atomic E-state index is 6.04. The maximum Gasteiger partial charge on any atom is 0.164 e. The number of nitrogens with zero attached hydrogens (tertiary/aromatic N) is 3. The van der Waals surface area contributed by atoms with Gasteiger partial charge in [-0.3, -0.25) is 0 Å². The van der Waals surface area contributed by atoms with E-state index in [2.05, 4.69) is 20.7 Å². The van der Waals surface area contributed by atoms with Crippen molar-refractivity contribution >= 4 is 57.2 Å². The standard InChI is InChI=1S/C17H15Cl3N4O2/c1-25-15-8-13-14(9-16(15)26-4-2-3-18)22-24-23-17(13)21-12-6-10(19)5-11(20)7-12/h5-9H,2-4H2,1H3,(H,21,22,23). The van der Waals surface area contributed by atoms with Gasteiger partial charge in [0.1, 0.15) is 5.52 Å². The number of aromatic nitrogens is 3. The average Bonchev–Trinajstić information content (AvgIpc) is 2.61. The van der Waals surface area contributed by atoms with E-state index in [1.165, 1.54) is 0 Å². The van der Waals surface area contributed by atoms with Crippen LogP contribution in [-0.2, 0) is 0 Å². The number of benzene rings is 2. The van der Waals surface area contributed by atoms with Crippen molar-refractivity contribution in [1.29, 1.82) is 0 Å². The molecule has 26 heavy (non-hydrogen) atoms. The van der Waals surface area contributed by atoms with Crippen LogP contribution in [0.4, 0.5) is 11.5 Å². The Morgan fingerprint density at radius 3 is 2.46 bits per heavy atom. The molecule has 0 radical (unpaired) electrons. The van der Waals surface area contributed by atoms with E-state index in [1.807, 2.05) is 0 Å². The van der Waals surface area contributed by atoms with Crippen molar-refractivity contribution < 1.29 is 9.47 Å². The highest BCUT2D eigenvalue weighted by Crippen LogP contribution is 2.35. The van der Waals surface area contributed by atoms with Crippen LogP contribution in [0, 0.1) is 0 Å². The van der Waals surface area contributed by atoms with Gasteiger partial charge >= 0.3 is 0 Å². The second-order valence-electron chi connectivity index (χ2n) is 5.33. The van der Waals surface area contributed by atoms with Crippen LogP contribution in [0.5, 0.6) is 11.5 Å². The van der Waals surface area contributed by atoms with Gasteiger partial charge in [-0.15, -0.1) is 21.8 Å². The number of alkyl halides is 1. The molecule has 1 heterocycles. The SMILES string of the molecule is COc1cc2c(Nc3cc(Cl)cc(Cl)c3)nnnc2cc1OCCCCl. The molecule has 0 aliphatic carbocycles. The van der Waals surface area contributed by atoms with Crippen molar-refractivity contribution in [1.82, 2.24) is 15.4 Å². The smallest absolute Gasteiger partial charge is 0.164 e. The molecule has 0 aliphatic heterocycles. The highest BCUT2D eigenvalue weighted by atomic mass is 35.5. The molecule has 0 bridgehead atoms.